The number of thioether (sulfide) groups is 1. The van der Waals surface area contributed by atoms with Crippen LogP contribution in [0.1, 0.15) is 40.2 Å². The van der Waals surface area contributed by atoms with Crippen molar-refractivity contribution in [1.29, 1.82) is 0 Å². The fraction of sp³-hybridized carbons (Fsp3) is 0.727. The third-order valence-corrected chi connectivity index (χ3v) is 13.7. The number of ether oxygens (including phenoxy) is 1. The third-order valence-electron chi connectivity index (χ3n) is 5.21. The van der Waals surface area contributed by atoms with Crippen LogP contribution >= 0.6 is 19.4 Å². The molecule has 0 heterocycles. The van der Waals surface area contributed by atoms with Crippen LogP contribution in [0.4, 0.5) is 0 Å². The van der Waals surface area contributed by atoms with Crippen molar-refractivity contribution < 1.29 is 22.8 Å². The first kappa shape index (κ1) is 27.9. The average Bonchev–Trinajstić information content (AvgIpc) is 2.66. The van der Waals surface area contributed by atoms with Gasteiger partial charge in [0.1, 0.15) is 0 Å². The molecule has 0 saturated carbocycles. The second kappa shape index (κ2) is 13.4. The summed E-state index contributed by atoms with van der Waals surface area (Å²) in [5.74, 6) is 0.998. The predicted molar refractivity (Wildman–Crippen MR) is 131 cm³/mol. The molecular weight excluding hydrogens is 435 g/mol. The summed E-state index contributed by atoms with van der Waals surface area (Å²) in [7, 11) is -4.88. The zero-order chi connectivity index (χ0) is 22.7. The summed E-state index contributed by atoms with van der Waals surface area (Å²) < 4.78 is 36.0. The molecule has 0 radical (unpaired) electrons. The van der Waals surface area contributed by atoms with E-state index in [1.165, 1.54) is 0 Å². The molecular formula is C22H41O5PSSi. The van der Waals surface area contributed by atoms with Gasteiger partial charge in [-0.2, -0.15) is 0 Å². The molecule has 174 valence electrons. The molecule has 0 aliphatic heterocycles. The van der Waals surface area contributed by atoms with Crippen molar-refractivity contribution >= 4 is 27.7 Å². The Morgan fingerprint density at radius 1 is 1.03 bits per heavy atom. The Hall–Kier alpha value is -0.143. The lowest BCUT2D eigenvalue weighted by Gasteiger charge is -2.37. The van der Waals surface area contributed by atoms with Crippen molar-refractivity contribution in [2.45, 2.75) is 59.4 Å². The van der Waals surface area contributed by atoms with E-state index in [-0.39, 0.29) is 11.0 Å². The highest BCUT2D eigenvalue weighted by atomic mass is 32.2. The van der Waals surface area contributed by atoms with Crippen LogP contribution in [-0.2, 0) is 29.4 Å². The summed E-state index contributed by atoms with van der Waals surface area (Å²) in [6, 6.07) is 10.2. The summed E-state index contributed by atoms with van der Waals surface area (Å²) in [5.41, 5.74) is 1.51. The Labute approximate surface area is 189 Å². The number of hydrogen-bond donors (Lipinski definition) is 0. The van der Waals surface area contributed by atoms with E-state index in [0.717, 1.165) is 11.3 Å². The lowest BCUT2D eigenvalue weighted by molar-refractivity contribution is 0.0732. The monoisotopic (exact) mass is 476 g/mol. The van der Waals surface area contributed by atoms with Crippen molar-refractivity contribution in [3.05, 3.63) is 35.9 Å². The fourth-order valence-corrected chi connectivity index (χ4v) is 6.83. The molecule has 8 heteroatoms. The van der Waals surface area contributed by atoms with E-state index in [4.69, 9.17) is 18.2 Å². The van der Waals surface area contributed by atoms with Crippen LogP contribution in [-0.4, -0.2) is 46.0 Å². The summed E-state index contributed by atoms with van der Waals surface area (Å²) in [6.45, 7) is 17.5. The molecule has 1 unspecified atom stereocenters. The van der Waals surface area contributed by atoms with Crippen LogP contribution < -0.4 is 0 Å². The van der Waals surface area contributed by atoms with Gasteiger partial charge in [-0.25, -0.2) is 0 Å². The van der Waals surface area contributed by atoms with Gasteiger partial charge in [-0.3, -0.25) is 4.57 Å². The van der Waals surface area contributed by atoms with Crippen molar-refractivity contribution in [3.8, 4) is 0 Å². The summed E-state index contributed by atoms with van der Waals surface area (Å²) in [4.78, 5) is 0. The van der Waals surface area contributed by atoms with Crippen LogP contribution in [0.5, 0.6) is 0 Å². The first-order valence-corrected chi connectivity index (χ1v) is 16.5. The van der Waals surface area contributed by atoms with E-state index >= 15 is 0 Å². The van der Waals surface area contributed by atoms with Crippen molar-refractivity contribution in [2.75, 3.05) is 37.7 Å². The highest BCUT2D eigenvalue weighted by Crippen LogP contribution is 2.51. The molecule has 5 nitrogen and oxygen atoms in total. The van der Waals surface area contributed by atoms with Crippen LogP contribution in [0.15, 0.2) is 30.3 Å². The average molecular weight is 477 g/mol. The maximum atomic E-state index is 12.7. The van der Waals surface area contributed by atoms with E-state index in [1.54, 1.807) is 11.8 Å². The number of benzene rings is 1. The topological polar surface area (TPSA) is 54.0 Å². The molecule has 0 aromatic heterocycles. The Morgan fingerprint density at radius 2 is 1.63 bits per heavy atom. The Balaban J connectivity index is 2.65. The molecule has 0 aliphatic rings. The third kappa shape index (κ3) is 10.4. The second-order valence-corrected chi connectivity index (χ2v) is 17.2. The SMILES string of the molecule is CCOP(=O)(CSCC(COCc1ccccc1)CO[Si](C)(C)C(C)(C)C)OCC. The van der Waals surface area contributed by atoms with Gasteiger partial charge in [0.25, 0.3) is 0 Å². The van der Waals surface area contributed by atoms with Gasteiger partial charge in [0, 0.05) is 18.3 Å². The van der Waals surface area contributed by atoms with Gasteiger partial charge < -0.3 is 18.2 Å². The van der Waals surface area contributed by atoms with Gasteiger partial charge in [0.2, 0.25) is 0 Å². The van der Waals surface area contributed by atoms with Gasteiger partial charge in [0.05, 0.1) is 31.9 Å². The summed E-state index contributed by atoms with van der Waals surface area (Å²) >= 11 is 1.59. The van der Waals surface area contributed by atoms with Crippen LogP contribution in [0.3, 0.4) is 0 Å². The summed E-state index contributed by atoms with van der Waals surface area (Å²) in [6.07, 6.45) is 0. The zero-order valence-electron chi connectivity index (χ0n) is 19.8. The molecule has 0 amide bonds. The molecule has 1 aromatic rings. The van der Waals surface area contributed by atoms with Crippen LogP contribution in [0.25, 0.3) is 0 Å². The minimum absolute atomic E-state index is 0.162. The standard InChI is InChI=1S/C22H41O5PSSi/c1-8-25-28(23,26-9-2)19-29-18-21(17-27-30(6,7)22(3,4)5)16-24-15-20-13-11-10-12-14-20/h10-14,21H,8-9,15-19H2,1-7H3. The Bertz CT molecular complexity index is 626. The lowest BCUT2D eigenvalue weighted by Crippen LogP contribution is -2.42. The first-order chi connectivity index (χ1) is 14.0. The van der Waals surface area contributed by atoms with Crippen LogP contribution in [0.2, 0.25) is 18.1 Å². The molecule has 1 atom stereocenters. The first-order valence-electron chi connectivity index (χ1n) is 10.7. The largest absolute Gasteiger partial charge is 0.416 e. The Morgan fingerprint density at radius 3 is 2.17 bits per heavy atom. The summed E-state index contributed by atoms with van der Waals surface area (Å²) in [5, 5.41) is 0.162. The molecule has 0 N–H and O–H groups in total. The van der Waals surface area contributed by atoms with Crippen molar-refractivity contribution in [2.24, 2.45) is 5.92 Å². The smallest absolute Gasteiger partial charge is 0.340 e. The van der Waals surface area contributed by atoms with Gasteiger partial charge in [0.15, 0.2) is 8.32 Å². The fourth-order valence-electron chi connectivity index (χ4n) is 2.44. The Kier molecular flexibility index (Phi) is 12.5. The lowest BCUT2D eigenvalue weighted by atomic mass is 10.2. The highest BCUT2D eigenvalue weighted by Gasteiger charge is 2.37. The normalized spacial score (nSPS) is 14.1. The molecule has 1 rings (SSSR count). The molecule has 0 spiro atoms. The molecule has 0 saturated heterocycles. The van der Waals surface area contributed by atoms with Gasteiger partial charge >= 0.3 is 7.60 Å². The van der Waals surface area contributed by atoms with Gasteiger partial charge in [-0.05, 0) is 37.5 Å². The second-order valence-electron chi connectivity index (χ2n) is 8.88. The number of rotatable bonds is 15. The van der Waals surface area contributed by atoms with Crippen molar-refractivity contribution in [3.63, 3.8) is 0 Å². The van der Waals surface area contributed by atoms with E-state index in [9.17, 15) is 4.57 Å². The maximum absolute atomic E-state index is 12.7. The maximum Gasteiger partial charge on any atom is 0.340 e. The van der Waals surface area contributed by atoms with Gasteiger partial charge in [-0.1, -0.05) is 51.1 Å². The number of hydrogen-bond acceptors (Lipinski definition) is 6. The van der Waals surface area contributed by atoms with Crippen LogP contribution in [0, 0.1) is 5.92 Å². The molecule has 0 aliphatic carbocycles. The predicted octanol–water partition coefficient (Wildman–Crippen LogP) is 6.80. The van der Waals surface area contributed by atoms with E-state index in [1.807, 2.05) is 32.0 Å². The highest BCUT2D eigenvalue weighted by molar-refractivity contribution is 8.04. The molecule has 0 bridgehead atoms. The van der Waals surface area contributed by atoms with Gasteiger partial charge in [-0.15, -0.1) is 11.8 Å². The van der Waals surface area contributed by atoms with E-state index < -0.39 is 15.9 Å². The quantitative estimate of drug-likeness (QED) is 0.205. The zero-order valence-corrected chi connectivity index (χ0v) is 22.5. The molecule has 30 heavy (non-hydrogen) atoms. The molecule has 1 aromatic carbocycles. The van der Waals surface area contributed by atoms with E-state index in [0.29, 0.717) is 38.5 Å². The molecule has 0 fully saturated rings. The van der Waals surface area contributed by atoms with Crippen molar-refractivity contribution in [1.82, 2.24) is 0 Å². The van der Waals surface area contributed by atoms with E-state index in [2.05, 4.69) is 46.0 Å². The minimum Gasteiger partial charge on any atom is -0.416 e. The minimum atomic E-state index is -3.04.